The van der Waals surface area contributed by atoms with Crippen LogP contribution in [0.5, 0.6) is 5.75 Å². The van der Waals surface area contributed by atoms with Gasteiger partial charge in [0.05, 0.1) is 6.04 Å². The zero-order valence-electron chi connectivity index (χ0n) is 13.4. The van der Waals surface area contributed by atoms with Crippen molar-refractivity contribution >= 4 is 24.0 Å². The van der Waals surface area contributed by atoms with Gasteiger partial charge in [-0.1, -0.05) is 6.92 Å². The zero-order chi connectivity index (χ0) is 15.3. The molecule has 3 rings (SSSR count). The van der Waals surface area contributed by atoms with Crippen LogP contribution in [0.3, 0.4) is 0 Å². The number of benzene rings is 1. The summed E-state index contributed by atoms with van der Waals surface area (Å²) in [5.74, 6) is 1.01. The number of amides is 1. The van der Waals surface area contributed by atoms with Crippen LogP contribution in [-0.2, 0) is 4.79 Å². The number of carbonyl (C=O) groups excluding carboxylic acids is 1. The number of halogens is 1. The van der Waals surface area contributed by atoms with Crippen LogP contribution < -0.4 is 15.8 Å². The molecule has 1 unspecified atom stereocenters. The van der Waals surface area contributed by atoms with Crippen LogP contribution in [0.1, 0.15) is 58.1 Å². The largest absolute Gasteiger partial charge is 0.487 e. The SMILES string of the molecule is CCC1(C(=O)NC2CC(C)(C)Oc3ccc(N)cc32)CC1.Cl. The normalized spacial score (nSPS) is 23.5. The Balaban J connectivity index is 0.00000176. The van der Waals surface area contributed by atoms with Crippen molar-refractivity contribution in [3.8, 4) is 5.75 Å². The predicted octanol–water partition coefficient (Wildman–Crippen LogP) is 3.60. The van der Waals surface area contributed by atoms with Gasteiger partial charge in [0.15, 0.2) is 0 Å². The van der Waals surface area contributed by atoms with Crippen molar-refractivity contribution in [2.45, 2.75) is 58.1 Å². The molecule has 1 fully saturated rings. The molecule has 1 atom stereocenters. The van der Waals surface area contributed by atoms with Crippen molar-refractivity contribution < 1.29 is 9.53 Å². The van der Waals surface area contributed by atoms with E-state index in [0.717, 1.165) is 37.0 Å². The standard InChI is InChI=1S/C17H24N2O2.ClH/c1-4-17(7-8-17)15(20)19-13-10-16(2,3)21-14-6-5-11(18)9-12(13)14;/h5-6,9,13H,4,7-8,10,18H2,1-3H3,(H,19,20);1H. The number of hydrogen-bond donors (Lipinski definition) is 2. The van der Waals surface area contributed by atoms with Gasteiger partial charge in [-0.15, -0.1) is 12.4 Å². The molecule has 122 valence electrons. The van der Waals surface area contributed by atoms with Crippen molar-refractivity contribution in [1.82, 2.24) is 5.32 Å². The van der Waals surface area contributed by atoms with Crippen LogP contribution in [-0.4, -0.2) is 11.5 Å². The molecule has 0 saturated heterocycles. The van der Waals surface area contributed by atoms with Crippen molar-refractivity contribution in [1.29, 1.82) is 0 Å². The van der Waals surface area contributed by atoms with Crippen LogP contribution >= 0.6 is 12.4 Å². The first kappa shape index (κ1) is 16.9. The van der Waals surface area contributed by atoms with Crippen LogP contribution in [0.4, 0.5) is 5.69 Å². The van der Waals surface area contributed by atoms with Gasteiger partial charge >= 0.3 is 0 Å². The van der Waals surface area contributed by atoms with Gasteiger partial charge < -0.3 is 15.8 Å². The minimum Gasteiger partial charge on any atom is -0.487 e. The summed E-state index contributed by atoms with van der Waals surface area (Å²) >= 11 is 0. The summed E-state index contributed by atoms with van der Waals surface area (Å²) < 4.78 is 6.01. The molecule has 5 heteroatoms. The number of nitrogens with one attached hydrogen (secondary N) is 1. The summed E-state index contributed by atoms with van der Waals surface area (Å²) in [6, 6.07) is 5.63. The lowest BCUT2D eigenvalue weighted by Gasteiger charge is -2.38. The third kappa shape index (κ3) is 3.02. The molecule has 22 heavy (non-hydrogen) atoms. The second kappa shape index (κ2) is 5.65. The molecule has 2 aliphatic rings. The van der Waals surface area contributed by atoms with Gasteiger partial charge in [-0.3, -0.25) is 4.79 Å². The molecular formula is C17H25ClN2O2. The predicted molar refractivity (Wildman–Crippen MR) is 90.3 cm³/mol. The van der Waals surface area contributed by atoms with E-state index in [4.69, 9.17) is 10.5 Å². The van der Waals surface area contributed by atoms with E-state index in [-0.39, 0.29) is 35.4 Å². The van der Waals surface area contributed by atoms with Gasteiger partial charge in [-0.05, 0) is 51.3 Å². The molecule has 4 nitrogen and oxygen atoms in total. The zero-order valence-corrected chi connectivity index (χ0v) is 14.3. The molecule has 1 aliphatic heterocycles. The van der Waals surface area contributed by atoms with Crippen molar-refractivity contribution in [2.24, 2.45) is 5.41 Å². The van der Waals surface area contributed by atoms with E-state index >= 15 is 0 Å². The second-order valence-corrected chi connectivity index (χ2v) is 7.02. The Morgan fingerprint density at radius 3 is 2.68 bits per heavy atom. The summed E-state index contributed by atoms with van der Waals surface area (Å²) in [5.41, 5.74) is 7.19. The molecule has 3 N–H and O–H groups in total. The number of rotatable bonds is 3. The number of fused-ring (bicyclic) bond motifs is 1. The molecular weight excluding hydrogens is 300 g/mol. The molecule has 0 bridgehead atoms. The van der Waals surface area contributed by atoms with Gasteiger partial charge in [-0.25, -0.2) is 0 Å². The Bertz CT molecular complexity index is 582. The topological polar surface area (TPSA) is 64.3 Å². The third-order valence-electron chi connectivity index (χ3n) is 4.81. The number of nitrogens with two attached hydrogens (primary N) is 1. The van der Waals surface area contributed by atoms with Crippen LogP contribution in [0.25, 0.3) is 0 Å². The number of carbonyl (C=O) groups is 1. The Hall–Kier alpha value is -1.42. The quantitative estimate of drug-likeness (QED) is 0.835. The van der Waals surface area contributed by atoms with Gasteiger partial charge in [0, 0.05) is 23.1 Å². The van der Waals surface area contributed by atoms with E-state index in [1.165, 1.54) is 0 Å². The molecule has 1 amide bonds. The average molecular weight is 325 g/mol. The van der Waals surface area contributed by atoms with Crippen molar-refractivity contribution in [3.63, 3.8) is 0 Å². The maximum atomic E-state index is 12.5. The van der Waals surface area contributed by atoms with Gasteiger partial charge in [-0.2, -0.15) is 0 Å². The molecule has 0 aromatic heterocycles. The molecule has 1 aromatic rings. The Kier molecular flexibility index (Phi) is 4.35. The lowest BCUT2D eigenvalue weighted by atomic mass is 9.88. The summed E-state index contributed by atoms with van der Waals surface area (Å²) in [5, 5.41) is 3.24. The van der Waals surface area contributed by atoms with Crippen molar-refractivity contribution in [2.75, 3.05) is 5.73 Å². The molecule has 0 radical (unpaired) electrons. The highest BCUT2D eigenvalue weighted by Crippen LogP contribution is 2.50. The Labute approximate surface area is 138 Å². The highest BCUT2D eigenvalue weighted by molar-refractivity contribution is 5.86. The molecule has 1 aliphatic carbocycles. The van der Waals surface area contributed by atoms with Gasteiger partial charge in [0.25, 0.3) is 0 Å². The van der Waals surface area contributed by atoms with Crippen LogP contribution in [0.15, 0.2) is 18.2 Å². The first-order valence-electron chi connectivity index (χ1n) is 7.75. The van der Waals surface area contributed by atoms with E-state index < -0.39 is 0 Å². The lowest BCUT2D eigenvalue weighted by molar-refractivity contribution is -0.127. The highest BCUT2D eigenvalue weighted by Gasteiger charge is 2.49. The molecule has 1 heterocycles. The maximum Gasteiger partial charge on any atom is 0.226 e. The Morgan fingerprint density at radius 2 is 2.09 bits per heavy atom. The monoisotopic (exact) mass is 324 g/mol. The van der Waals surface area contributed by atoms with E-state index in [0.29, 0.717) is 5.69 Å². The Morgan fingerprint density at radius 1 is 1.41 bits per heavy atom. The fourth-order valence-corrected chi connectivity index (χ4v) is 3.21. The van der Waals surface area contributed by atoms with E-state index in [2.05, 4.69) is 26.1 Å². The van der Waals surface area contributed by atoms with Crippen LogP contribution in [0.2, 0.25) is 0 Å². The maximum absolute atomic E-state index is 12.5. The summed E-state index contributed by atoms with van der Waals surface area (Å²) in [7, 11) is 0. The summed E-state index contributed by atoms with van der Waals surface area (Å²) in [6.07, 6.45) is 3.68. The van der Waals surface area contributed by atoms with Crippen LogP contribution in [0, 0.1) is 5.41 Å². The fraction of sp³-hybridized carbons (Fsp3) is 0.588. The van der Waals surface area contributed by atoms with Gasteiger partial charge in [0.1, 0.15) is 11.4 Å². The number of anilines is 1. The number of ether oxygens (including phenoxy) is 1. The molecule has 0 spiro atoms. The first-order chi connectivity index (χ1) is 9.85. The van der Waals surface area contributed by atoms with E-state index in [1.54, 1.807) is 0 Å². The summed E-state index contributed by atoms with van der Waals surface area (Å²) in [4.78, 5) is 12.5. The summed E-state index contributed by atoms with van der Waals surface area (Å²) in [6.45, 7) is 6.20. The highest BCUT2D eigenvalue weighted by atomic mass is 35.5. The smallest absolute Gasteiger partial charge is 0.226 e. The van der Waals surface area contributed by atoms with Gasteiger partial charge in [0.2, 0.25) is 5.91 Å². The second-order valence-electron chi connectivity index (χ2n) is 7.02. The number of nitrogen functional groups attached to an aromatic ring is 1. The molecule has 1 aromatic carbocycles. The minimum absolute atomic E-state index is 0. The fourth-order valence-electron chi connectivity index (χ4n) is 3.21. The van der Waals surface area contributed by atoms with E-state index in [1.807, 2.05) is 18.2 Å². The number of hydrogen-bond acceptors (Lipinski definition) is 3. The first-order valence-corrected chi connectivity index (χ1v) is 7.75. The third-order valence-corrected chi connectivity index (χ3v) is 4.81. The van der Waals surface area contributed by atoms with Crippen molar-refractivity contribution in [3.05, 3.63) is 23.8 Å². The van der Waals surface area contributed by atoms with E-state index in [9.17, 15) is 4.79 Å². The lowest BCUT2D eigenvalue weighted by Crippen LogP contribution is -2.43. The average Bonchev–Trinajstić information content (AvgIpc) is 3.20. The molecule has 1 saturated carbocycles. The minimum atomic E-state index is -0.288.